The number of hydrogen-bond acceptors (Lipinski definition) is 4. The fourth-order valence-electron chi connectivity index (χ4n) is 6.39. The van der Waals surface area contributed by atoms with Gasteiger partial charge in [0, 0.05) is 54.2 Å². The molecule has 0 unspecified atom stereocenters. The van der Waals surface area contributed by atoms with Crippen LogP contribution < -0.4 is 10.1 Å². The summed E-state index contributed by atoms with van der Waals surface area (Å²) in [5, 5.41) is 20.6. The van der Waals surface area contributed by atoms with E-state index in [4.69, 9.17) is 16.3 Å². The van der Waals surface area contributed by atoms with Gasteiger partial charge >= 0.3 is 5.97 Å². The molecule has 0 aliphatic carbocycles. The Kier molecular flexibility index (Phi) is 8.06. The van der Waals surface area contributed by atoms with Crippen molar-refractivity contribution in [3.05, 3.63) is 82.0 Å². The third-order valence-corrected chi connectivity index (χ3v) is 8.60. The van der Waals surface area contributed by atoms with E-state index in [-0.39, 0.29) is 37.6 Å². The molecule has 0 fully saturated rings. The van der Waals surface area contributed by atoms with Crippen molar-refractivity contribution in [2.45, 2.75) is 51.6 Å². The lowest BCUT2D eigenvalue weighted by molar-refractivity contribution is -0.0234. The molecule has 0 radical (unpaired) electrons. The highest BCUT2D eigenvalue weighted by molar-refractivity contribution is 6.35. The molecule has 1 aliphatic rings. The highest BCUT2D eigenvalue weighted by Crippen LogP contribution is 2.43. The fraction of sp³-hybridized carbons (Fsp3) is 0.333. The standard InChI is InChI=1S/C33H32ClF3N4O3/c1-3-26-29-25(39-40(26)2)17-38-14-13-33(36,37)18-41-30-23(11-12-24(34)28(29)30)22(31(41)32(42)43)7-5-15-44-27-8-4-6-19-16-20(35)9-10-21(19)27/h4,6,8-12,16,38H,3,5,7,13-15,17-18H2,1-2H3,(H,42,43). The summed E-state index contributed by atoms with van der Waals surface area (Å²) in [6.45, 7) is 1.71. The van der Waals surface area contributed by atoms with Crippen molar-refractivity contribution in [1.82, 2.24) is 19.7 Å². The number of carboxylic acid groups (broad SMARTS) is 1. The van der Waals surface area contributed by atoms with E-state index >= 15 is 8.78 Å². The van der Waals surface area contributed by atoms with E-state index in [0.29, 0.717) is 56.7 Å². The second kappa shape index (κ2) is 11.8. The van der Waals surface area contributed by atoms with Gasteiger partial charge in [-0.15, -0.1) is 0 Å². The smallest absolute Gasteiger partial charge is 0.352 e. The molecule has 0 spiro atoms. The normalized spacial score (nSPS) is 14.9. The number of fused-ring (bicyclic) bond motifs is 3. The van der Waals surface area contributed by atoms with Crippen LogP contribution in [-0.2, 0) is 33.0 Å². The molecule has 0 saturated carbocycles. The summed E-state index contributed by atoms with van der Waals surface area (Å²) >= 11 is 6.85. The van der Waals surface area contributed by atoms with E-state index in [1.165, 1.54) is 16.7 Å². The second-order valence-corrected chi connectivity index (χ2v) is 11.5. The second-order valence-electron chi connectivity index (χ2n) is 11.1. The predicted molar refractivity (Wildman–Crippen MR) is 164 cm³/mol. The summed E-state index contributed by atoms with van der Waals surface area (Å²) in [6, 6.07) is 13.2. The molecule has 0 saturated heterocycles. The Morgan fingerprint density at radius 2 is 1.95 bits per heavy atom. The van der Waals surface area contributed by atoms with E-state index in [0.717, 1.165) is 16.6 Å². The van der Waals surface area contributed by atoms with Crippen molar-refractivity contribution < 1.29 is 27.8 Å². The van der Waals surface area contributed by atoms with Gasteiger partial charge in [0.25, 0.3) is 5.92 Å². The van der Waals surface area contributed by atoms with Crippen molar-refractivity contribution in [3.63, 3.8) is 0 Å². The maximum absolute atomic E-state index is 15.4. The maximum atomic E-state index is 15.4. The lowest BCUT2D eigenvalue weighted by Gasteiger charge is -2.20. The number of aryl methyl sites for hydroxylation is 2. The van der Waals surface area contributed by atoms with Gasteiger partial charge in [0.1, 0.15) is 17.3 Å². The zero-order valence-electron chi connectivity index (χ0n) is 24.4. The molecule has 0 amide bonds. The molecule has 3 aromatic carbocycles. The van der Waals surface area contributed by atoms with Crippen molar-refractivity contribution in [2.24, 2.45) is 7.05 Å². The minimum Gasteiger partial charge on any atom is -0.493 e. The quantitative estimate of drug-likeness (QED) is 0.185. The van der Waals surface area contributed by atoms with Gasteiger partial charge in [-0.2, -0.15) is 5.10 Å². The number of ether oxygens (including phenoxy) is 1. The van der Waals surface area contributed by atoms with Crippen LogP contribution in [0.2, 0.25) is 5.02 Å². The number of aromatic nitrogens is 3. The van der Waals surface area contributed by atoms with Crippen LogP contribution in [0.5, 0.6) is 5.75 Å². The van der Waals surface area contributed by atoms with E-state index in [2.05, 4.69) is 10.4 Å². The Labute approximate surface area is 257 Å². The van der Waals surface area contributed by atoms with Crippen molar-refractivity contribution in [1.29, 1.82) is 0 Å². The molecule has 230 valence electrons. The van der Waals surface area contributed by atoms with Crippen LogP contribution in [0.1, 0.15) is 47.2 Å². The Bertz CT molecular complexity index is 1900. The van der Waals surface area contributed by atoms with Crippen LogP contribution in [0.3, 0.4) is 0 Å². The first kappa shape index (κ1) is 30.0. The van der Waals surface area contributed by atoms with Crippen LogP contribution in [0.25, 0.3) is 32.8 Å². The number of nitrogens with one attached hydrogen (secondary N) is 1. The van der Waals surface area contributed by atoms with Crippen molar-refractivity contribution in [3.8, 4) is 16.9 Å². The molecule has 0 bridgehead atoms. The number of nitrogens with zero attached hydrogens (tertiary/aromatic N) is 3. The molecule has 1 aliphatic heterocycles. The third kappa shape index (κ3) is 5.41. The number of hydrogen-bond donors (Lipinski definition) is 2. The number of carboxylic acids is 1. The van der Waals surface area contributed by atoms with Gasteiger partial charge < -0.3 is 19.7 Å². The average molecular weight is 625 g/mol. The van der Waals surface area contributed by atoms with Crippen LogP contribution in [0, 0.1) is 5.82 Å². The first-order valence-corrected chi connectivity index (χ1v) is 15.0. The summed E-state index contributed by atoms with van der Waals surface area (Å²) in [7, 11) is 1.83. The molecule has 6 rings (SSSR count). The van der Waals surface area contributed by atoms with Gasteiger partial charge in [0.15, 0.2) is 0 Å². The molecule has 44 heavy (non-hydrogen) atoms. The van der Waals surface area contributed by atoms with Gasteiger partial charge in [-0.1, -0.05) is 36.7 Å². The molecular weight excluding hydrogens is 593 g/mol. The van der Waals surface area contributed by atoms with Crippen molar-refractivity contribution in [2.75, 3.05) is 13.2 Å². The SMILES string of the molecule is CCc1c2c(nn1C)CNCCC(F)(F)Cn1c(C(=O)O)c(CCCOc3cccc4cc(F)ccc34)c3ccc(Cl)c-2c31. The lowest BCUT2D eigenvalue weighted by Crippen LogP contribution is -2.30. The number of alkyl halides is 2. The lowest BCUT2D eigenvalue weighted by atomic mass is 9.97. The van der Waals surface area contributed by atoms with Gasteiger partial charge in [-0.25, -0.2) is 18.0 Å². The zero-order chi connectivity index (χ0) is 31.2. The van der Waals surface area contributed by atoms with Gasteiger partial charge in [0.2, 0.25) is 0 Å². The highest BCUT2D eigenvalue weighted by Gasteiger charge is 2.36. The molecule has 11 heteroatoms. The monoisotopic (exact) mass is 624 g/mol. The number of aromatic carboxylic acids is 1. The predicted octanol–water partition coefficient (Wildman–Crippen LogP) is 7.39. The van der Waals surface area contributed by atoms with Gasteiger partial charge in [-0.3, -0.25) is 4.68 Å². The maximum Gasteiger partial charge on any atom is 0.352 e. The van der Waals surface area contributed by atoms with E-state index in [1.807, 2.05) is 14.0 Å². The number of halogens is 4. The van der Waals surface area contributed by atoms with E-state index in [1.54, 1.807) is 41.1 Å². The zero-order valence-corrected chi connectivity index (χ0v) is 25.1. The summed E-state index contributed by atoms with van der Waals surface area (Å²) < 4.78 is 53.6. The Morgan fingerprint density at radius 1 is 1.16 bits per heavy atom. The summed E-state index contributed by atoms with van der Waals surface area (Å²) in [4.78, 5) is 12.8. The molecule has 0 atom stereocenters. The van der Waals surface area contributed by atoms with Gasteiger partial charge in [-0.05, 0) is 60.5 Å². The summed E-state index contributed by atoms with van der Waals surface area (Å²) in [5.41, 5.74) is 3.42. The fourth-order valence-corrected chi connectivity index (χ4v) is 6.64. The van der Waals surface area contributed by atoms with Gasteiger partial charge in [0.05, 0.1) is 29.4 Å². The summed E-state index contributed by atoms with van der Waals surface area (Å²) in [6.07, 6.45) is 0.814. The Balaban J connectivity index is 1.46. The van der Waals surface area contributed by atoms with Crippen LogP contribution in [-0.4, -0.2) is 44.5 Å². The summed E-state index contributed by atoms with van der Waals surface area (Å²) in [5.74, 6) is -4.24. The molecular formula is C33H32ClF3N4O3. The largest absolute Gasteiger partial charge is 0.493 e. The van der Waals surface area contributed by atoms with E-state index in [9.17, 15) is 14.3 Å². The van der Waals surface area contributed by atoms with Crippen LogP contribution >= 0.6 is 11.6 Å². The van der Waals surface area contributed by atoms with E-state index < -0.39 is 24.9 Å². The Morgan fingerprint density at radius 3 is 2.73 bits per heavy atom. The third-order valence-electron chi connectivity index (χ3n) is 8.28. The topological polar surface area (TPSA) is 81.3 Å². The highest BCUT2D eigenvalue weighted by atomic mass is 35.5. The molecule has 3 heterocycles. The number of benzene rings is 3. The molecule has 2 aromatic heterocycles. The number of rotatable bonds is 7. The van der Waals surface area contributed by atoms with Crippen LogP contribution in [0.15, 0.2) is 48.5 Å². The van der Waals surface area contributed by atoms with Crippen LogP contribution in [0.4, 0.5) is 13.2 Å². The minimum atomic E-state index is -3.18. The average Bonchev–Trinajstić information content (AvgIpc) is 3.45. The number of carbonyl (C=O) groups is 1. The molecule has 2 N–H and O–H groups in total. The Hall–Kier alpha value is -4.02. The molecule has 7 nitrogen and oxygen atoms in total. The first-order chi connectivity index (χ1) is 21.1. The minimum absolute atomic E-state index is 0.0341. The molecule has 5 aromatic rings. The first-order valence-electron chi connectivity index (χ1n) is 14.6. The van der Waals surface area contributed by atoms with Crippen molar-refractivity contribution >= 4 is 39.2 Å².